The van der Waals surface area contributed by atoms with Crippen molar-refractivity contribution in [1.29, 1.82) is 0 Å². The molecule has 7 heteroatoms. The van der Waals surface area contributed by atoms with E-state index in [9.17, 15) is 22.0 Å². The van der Waals surface area contributed by atoms with Gasteiger partial charge in [0.15, 0.2) is 0 Å². The van der Waals surface area contributed by atoms with Gasteiger partial charge < -0.3 is 11.1 Å². The Bertz CT molecular complexity index is 361. The summed E-state index contributed by atoms with van der Waals surface area (Å²) in [5, 5.41) is 2.02. The summed E-state index contributed by atoms with van der Waals surface area (Å²) in [5.41, 5.74) is 3.68. The van der Waals surface area contributed by atoms with E-state index in [1.807, 2.05) is 5.32 Å². The lowest BCUT2D eigenvalue weighted by Gasteiger charge is -2.14. The van der Waals surface area contributed by atoms with Gasteiger partial charge in [0.05, 0.1) is 12.1 Å². The number of benzene rings is 1. The van der Waals surface area contributed by atoms with Crippen LogP contribution in [-0.2, 0) is 6.18 Å². The van der Waals surface area contributed by atoms with Gasteiger partial charge in [-0.1, -0.05) is 0 Å². The fourth-order valence-corrected chi connectivity index (χ4v) is 1.14. The monoisotopic (exact) mass is 240 g/mol. The molecule has 0 fully saturated rings. The van der Waals surface area contributed by atoms with E-state index in [0.717, 1.165) is 6.07 Å². The normalized spacial score (nSPS) is 11.9. The lowest BCUT2D eigenvalue weighted by atomic mass is 10.1. The second-order valence-electron chi connectivity index (χ2n) is 3.07. The number of alkyl halides is 5. The minimum atomic E-state index is -4.63. The van der Waals surface area contributed by atoms with E-state index >= 15 is 0 Å². The highest BCUT2D eigenvalue weighted by Crippen LogP contribution is 2.36. The molecule has 0 saturated heterocycles. The number of rotatable bonds is 3. The molecule has 1 aromatic rings. The number of anilines is 2. The molecular weight excluding hydrogens is 231 g/mol. The van der Waals surface area contributed by atoms with E-state index in [0.29, 0.717) is 6.07 Å². The Morgan fingerprint density at radius 2 is 1.88 bits per heavy atom. The molecule has 2 nitrogen and oxygen atoms in total. The van der Waals surface area contributed by atoms with Crippen LogP contribution >= 0.6 is 0 Å². The lowest BCUT2D eigenvalue weighted by Crippen LogP contribution is -2.15. The fraction of sp³-hybridized carbons (Fsp3) is 0.333. The van der Waals surface area contributed by atoms with Crippen molar-refractivity contribution in [1.82, 2.24) is 0 Å². The molecule has 0 atom stereocenters. The Balaban J connectivity index is 2.99. The predicted molar refractivity (Wildman–Crippen MR) is 50.4 cm³/mol. The molecule has 0 aliphatic rings. The first-order valence-corrected chi connectivity index (χ1v) is 4.29. The van der Waals surface area contributed by atoms with Crippen LogP contribution in [0.25, 0.3) is 0 Å². The maximum absolute atomic E-state index is 12.5. The van der Waals surface area contributed by atoms with Crippen molar-refractivity contribution in [2.45, 2.75) is 12.6 Å². The first-order valence-electron chi connectivity index (χ1n) is 4.29. The third kappa shape index (κ3) is 3.25. The van der Waals surface area contributed by atoms with Crippen LogP contribution in [0.3, 0.4) is 0 Å². The predicted octanol–water partition coefficient (Wildman–Crippen LogP) is 2.96. The van der Waals surface area contributed by atoms with Crippen molar-refractivity contribution in [3.05, 3.63) is 23.8 Å². The molecule has 16 heavy (non-hydrogen) atoms. The minimum Gasteiger partial charge on any atom is -0.399 e. The van der Waals surface area contributed by atoms with Crippen molar-refractivity contribution in [3.8, 4) is 0 Å². The number of nitrogens with two attached hydrogens (primary N) is 1. The second kappa shape index (κ2) is 4.54. The SMILES string of the molecule is Nc1ccc(NCC(F)F)c(C(F)(F)F)c1. The van der Waals surface area contributed by atoms with Crippen molar-refractivity contribution in [3.63, 3.8) is 0 Å². The highest BCUT2D eigenvalue weighted by atomic mass is 19.4. The van der Waals surface area contributed by atoms with E-state index in [2.05, 4.69) is 0 Å². The molecule has 0 spiro atoms. The largest absolute Gasteiger partial charge is 0.418 e. The second-order valence-corrected chi connectivity index (χ2v) is 3.07. The number of hydrogen-bond acceptors (Lipinski definition) is 2. The molecular formula is C9H9F5N2. The van der Waals surface area contributed by atoms with Gasteiger partial charge in [-0.25, -0.2) is 8.78 Å². The van der Waals surface area contributed by atoms with E-state index in [1.165, 1.54) is 6.07 Å². The molecule has 0 heterocycles. The van der Waals surface area contributed by atoms with Crippen LogP contribution in [0.5, 0.6) is 0 Å². The first-order chi connectivity index (χ1) is 7.30. The number of nitrogen functional groups attached to an aromatic ring is 1. The summed E-state index contributed by atoms with van der Waals surface area (Å²) in [4.78, 5) is 0. The average molecular weight is 240 g/mol. The van der Waals surface area contributed by atoms with Gasteiger partial charge >= 0.3 is 6.18 Å². The Morgan fingerprint density at radius 1 is 1.25 bits per heavy atom. The van der Waals surface area contributed by atoms with E-state index in [4.69, 9.17) is 5.73 Å². The van der Waals surface area contributed by atoms with Crippen LogP contribution in [0.4, 0.5) is 33.3 Å². The molecule has 0 aliphatic heterocycles. The van der Waals surface area contributed by atoms with Gasteiger partial charge in [-0.2, -0.15) is 13.2 Å². The van der Waals surface area contributed by atoms with Crippen LogP contribution in [0.1, 0.15) is 5.56 Å². The van der Waals surface area contributed by atoms with Crippen molar-refractivity contribution in [2.24, 2.45) is 0 Å². The molecule has 0 aliphatic carbocycles. The van der Waals surface area contributed by atoms with Gasteiger partial charge in [0.2, 0.25) is 0 Å². The summed E-state index contributed by atoms with van der Waals surface area (Å²) in [6, 6.07) is 2.94. The summed E-state index contributed by atoms with van der Waals surface area (Å²) in [7, 11) is 0. The summed E-state index contributed by atoms with van der Waals surface area (Å²) in [6.45, 7) is -0.840. The van der Waals surface area contributed by atoms with E-state index in [-0.39, 0.29) is 5.69 Å². The number of hydrogen-bond donors (Lipinski definition) is 2. The zero-order valence-corrected chi connectivity index (χ0v) is 7.98. The quantitative estimate of drug-likeness (QED) is 0.629. The lowest BCUT2D eigenvalue weighted by molar-refractivity contribution is -0.136. The highest BCUT2D eigenvalue weighted by molar-refractivity contribution is 5.59. The smallest absolute Gasteiger partial charge is 0.399 e. The molecule has 0 saturated carbocycles. The van der Waals surface area contributed by atoms with Crippen LogP contribution < -0.4 is 11.1 Å². The van der Waals surface area contributed by atoms with Crippen molar-refractivity contribution < 1.29 is 22.0 Å². The molecule has 3 N–H and O–H groups in total. The summed E-state index contributed by atoms with van der Waals surface area (Å²) < 4.78 is 61.1. The Hall–Kier alpha value is -1.53. The van der Waals surface area contributed by atoms with Crippen LogP contribution in [0, 0.1) is 0 Å². The molecule has 0 amide bonds. The van der Waals surface area contributed by atoms with Gasteiger partial charge in [-0.05, 0) is 18.2 Å². The summed E-state index contributed by atoms with van der Waals surface area (Å²) >= 11 is 0. The molecule has 0 unspecified atom stereocenters. The number of halogens is 5. The first kappa shape index (κ1) is 12.5. The van der Waals surface area contributed by atoms with Gasteiger partial charge in [0.1, 0.15) is 0 Å². The Morgan fingerprint density at radius 3 is 2.38 bits per heavy atom. The van der Waals surface area contributed by atoms with Crippen molar-refractivity contribution in [2.75, 3.05) is 17.6 Å². The standard InChI is InChI=1S/C9H9F5N2/c10-8(11)4-16-7-2-1-5(15)3-6(7)9(12,13)14/h1-3,8,16H,4,15H2. The topological polar surface area (TPSA) is 38.0 Å². The third-order valence-corrected chi connectivity index (χ3v) is 1.80. The summed E-state index contributed by atoms with van der Waals surface area (Å²) in [5.74, 6) is 0. The van der Waals surface area contributed by atoms with Crippen LogP contribution in [0.15, 0.2) is 18.2 Å². The van der Waals surface area contributed by atoms with Gasteiger partial charge in [-0.3, -0.25) is 0 Å². The Kier molecular flexibility index (Phi) is 3.56. The van der Waals surface area contributed by atoms with Gasteiger partial charge in [0.25, 0.3) is 6.43 Å². The van der Waals surface area contributed by atoms with Gasteiger partial charge in [0, 0.05) is 11.4 Å². The molecule has 1 rings (SSSR count). The van der Waals surface area contributed by atoms with E-state index < -0.39 is 30.4 Å². The summed E-state index contributed by atoms with van der Waals surface area (Å²) in [6.07, 6.45) is -7.35. The van der Waals surface area contributed by atoms with Crippen LogP contribution in [0.2, 0.25) is 0 Å². The molecule has 90 valence electrons. The van der Waals surface area contributed by atoms with Gasteiger partial charge in [-0.15, -0.1) is 0 Å². The number of nitrogens with one attached hydrogen (secondary N) is 1. The molecule has 1 aromatic carbocycles. The van der Waals surface area contributed by atoms with E-state index in [1.54, 1.807) is 0 Å². The molecule has 0 bridgehead atoms. The fourth-order valence-electron chi connectivity index (χ4n) is 1.14. The average Bonchev–Trinajstić information content (AvgIpc) is 2.14. The highest BCUT2D eigenvalue weighted by Gasteiger charge is 2.33. The zero-order chi connectivity index (χ0) is 12.3. The van der Waals surface area contributed by atoms with Crippen molar-refractivity contribution >= 4 is 11.4 Å². The third-order valence-electron chi connectivity index (χ3n) is 1.80. The molecule has 0 radical (unpaired) electrons. The zero-order valence-electron chi connectivity index (χ0n) is 7.98. The minimum absolute atomic E-state index is 0.0741. The maximum Gasteiger partial charge on any atom is 0.418 e. The Labute approximate surface area is 88.2 Å². The molecule has 0 aromatic heterocycles. The van der Waals surface area contributed by atoms with Crippen LogP contribution in [-0.4, -0.2) is 13.0 Å². The maximum atomic E-state index is 12.5.